The summed E-state index contributed by atoms with van der Waals surface area (Å²) in [5.41, 5.74) is 0. The lowest BCUT2D eigenvalue weighted by Crippen LogP contribution is -2.30. The Morgan fingerprint density at radius 1 is 1.15 bits per heavy atom. The van der Waals surface area contributed by atoms with Gasteiger partial charge in [-0.2, -0.15) is 15.0 Å². The lowest BCUT2D eigenvalue weighted by Gasteiger charge is -2.28. The van der Waals surface area contributed by atoms with Crippen molar-refractivity contribution in [1.82, 2.24) is 15.0 Å². The molecule has 1 aliphatic carbocycles. The Kier molecular flexibility index (Phi) is 4.94. The molecule has 0 spiro atoms. The number of methoxy groups -OCH3 is 1. The SMILES string of the molecule is CNc1nc(OC2CCCC(OC)C2)nc(N(C)C)n1. The van der Waals surface area contributed by atoms with Crippen molar-refractivity contribution in [2.75, 3.05) is 38.5 Å². The van der Waals surface area contributed by atoms with Crippen LogP contribution in [0.3, 0.4) is 0 Å². The molecule has 0 radical (unpaired) electrons. The number of hydrogen-bond acceptors (Lipinski definition) is 7. The average Bonchev–Trinajstić information content (AvgIpc) is 2.47. The number of nitrogens with zero attached hydrogens (tertiary/aromatic N) is 4. The molecule has 0 bridgehead atoms. The number of nitrogens with one attached hydrogen (secondary N) is 1. The van der Waals surface area contributed by atoms with E-state index in [-0.39, 0.29) is 12.2 Å². The second-order valence-corrected chi connectivity index (χ2v) is 5.15. The molecule has 2 unspecified atom stereocenters. The lowest BCUT2D eigenvalue weighted by atomic mass is 9.95. The molecule has 1 aliphatic rings. The molecular formula is C13H23N5O2. The smallest absolute Gasteiger partial charge is 0.323 e. The maximum Gasteiger partial charge on any atom is 0.323 e. The zero-order chi connectivity index (χ0) is 14.5. The highest BCUT2D eigenvalue weighted by molar-refractivity contribution is 5.36. The lowest BCUT2D eigenvalue weighted by molar-refractivity contribution is 0.0179. The molecule has 7 nitrogen and oxygen atoms in total. The fourth-order valence-electron chi connectivity index (χ4n) is 2.28. The molecule has 1 heterocycles. The zero-order valence-corrected chi connectivity index (χ0v) is 12.6. The number of ether oxygens (including phenoxy) is 2. The highest BCUT2D eigenvalue weighted by atomic mass is 16.5. The Balaban J connectivity index is 2.09. The summed E-state index contributed by atoms with van der Waals surface area (Å²) >= 11 is 0. The van der Waals surface area contributed by atoms with Gasteiger partial charge in [0.2, 0.25) is 11.9 Å². The van der Waals surface area contributed by atoms with Gasteiger partial charge in [0.25, 0.3) is 0 Å². The largest absolute Gasteiger partial charge is 0.460 e. The van der Waals surface area contributed by atoms with Gasteiger partial charge < -0.3 is 19.7 Å². The molecule has 112 valence electrons. The van der Waals surface area contributed by atoms with E-state index in [4.69, 9.17) is 9.47 Å². The minimum Gasteiger partial charge on any atom is -0.460 e. The molecule has 1 N–H and O–H groups in total. The van der Waals surface area contributed by atoms with Crippen LogP contribution in [0, 0.1) is 0 Å². The van der Waals surface area contributed by atoms with Crippen LogP contribution in [0.25, 0.3) is 0 Å². The zero-order valence-electron chi connectivity index (χ0n) is 12.6. The summed E-state index contributed by atoms with van der Waals surface area (Å²) < 4.78 is 11.3. The summed E-state index contributed by atoms with van der Waals surface area (Å²) in [6.45, 7) is 0. The van der Waals surface area contributed by atoms with E-state index in [0.717, 1.165) is 25.7 Å². The molecule has 0 aromatic carbocycles. The molecule has 1 fully saturated rings. The number of hydrogen-bond donors (Lipinski definition) is 1. The van der Waals surface area contributed by atoms with E-state index < -0.39 is 0 Å². The van der Waals surface area contributed by atoms with Crippen LogP contribution >= 0.6 is 0 Å². The van der Waals surface area contributed by atoms with Crippen molar-refractivity contribution < 1.29 is 9.47 Å². The molecule has 2 rings (SSSR count). The van der Waals surface area contributed by atoms with Crippen LogP contribution in [-0.2, 0) is 4.74 Å². The summed E-state index contributed by atoms with van der Waals surface area (Å²) in [5.74, 6) is 1.09. The van der Waals surface area contributed by atoms with Gasteiger partial charge in [-0.3, -0.25) is 0 Å². The Hall–Kier alpha value is -1.63. The first-order chi connectivity index (χ1) is 9.62. The van der Waals surface area contributed by atoms with Crippen molar-refractivity contribution in [3.05, 3.63) is 0 Å². The van der Waals surface area contributed by atoms with E-state index >= 15 is 0 Å². The molecule has 0 aliphatic heterocycles. The standard InChI is InChI=1S/C13H23N5O2/c1-14-11-15-12(18(2)3)17-13(16-11)20-10-7-5-6-9(8-10)19-4/h9-10H,5-8H2,1-4H3,(H,14,15,16,17). The van der Waals surface area contributed by atoms with E-state index in [1.54, 1.807) is 14.2 Å². The van der Waals surface area contributed by atoms with Crippen LogP contribution in [0.5, 0.6) is 6.01 Å². The molecule has 0 amide bonds. The first kappa shape index (κ1) is 14.8. The normalized spacial score (nSPS) is 22.4. The predicted molar refractivity (Wildman–Crippen MR) is 77.4 cm³/mol. The molecule has 7 heteroatoms. The third-order valence-corrected chi connectivity index (χ3v) is 3.41. The molecule has 0 saturated heterocycles. The maximum absolute atomic E-state index is 5.91. The molecule has 1 saturated carbocycles. The van der Waals surface area contributed by atoms with Gasteiger partial charge in [0.05, 0.1) is 6.10 Å². The monoisotopic (exact) mass is 281 g/mol. The summed E-state index contributed by atoms with van der Waals surface area (Å²) in [4.78, 5) is 14.7. The van der Waals surface area contributed by atoms with E-state index in [1.807, 2.05) is 19.0 Å². The van der Waals surface area contributed by atoms with Gasteiger partial charge >= 0.3 is 6.01 Å². The summed E-state index contributed by atoms with van der Waals surface area (Å²) in [6.07, 6.45) is 4.47. The summed E-state index contributed by atoms with van der Waals surface area (Å²) in [7, 11) is 7.31. The fraction of sp³-hybridized carbons (Fsp3) is 0.769. The van der Waals surface area contributed by atoms with Crippen molar-refractivity contribution in [3.8, 4) is 6.01 Å². The van der Waals surface area contributed by atoms with E-state index in [1.165, 1.54) is 0 Å². The predicted octanol–water partition coefficient (Wildman–Crippen LogP) is 1.32. The Morgan fingerprint density at radius 2 is 1.90 bits per heavy atom. The van der Waals surface area contributed by atoms with E-state index in [9.17, 15) is 0 Å². The van der Waals surface area contributed by atoms with Gasteiger partial charge in [0.1, 0.15) is 6.10 Å². The minimum absolute atomic E-state index is 0.107. The van der Waals surface area contributed by atoms with Crippen LogP contribution in [0.15, 0.2) is 0 Å². The van der Waals surface area contributed by atoms with Crippen LogP contribution in [-0.4, -0.2) is 55.4 Å². The Bertz CT molecular complexity index is 441. The summed E-state index contributed by atoms with van der Waals surface area (Å²) in [6, 6.07) is 0.370. The van der Waals surface area contributed by atoms with Crippen LogP contribution < -0.4 is 15.0 Å². The van der Waals surface area contributed by atoms with Gasteiger partial charge in [0, 0.05) is 34.7 Å². The number of anilines is 2. The molecule has 20 heavy (non-hydrogen) atoms. The average molecular weight is 281 g/mol. The second kappa shape index (κ2) is 6.69. The van der Waals surface area contributed by atoms with Crippen LogP contribution in [0.1, 0.15) is 25.7 Å². The highest BCUT2D eigenvalue weighted by Crippen LogP contribution is 2.24. The Labute approximate surface area is 119 Å². The number of rotatable bonds is 5. The third-order valence-electron chi connectivity index (χ3n) is 3.41. The van der Waals surface area contributed by atoms with Gasteiger partial charge in [-0.25, -0.2) is 0 Å². The summed E-state index contributed by atoms with van der Waals surface area (Å²) in [5, 5.41) is 2.93. The topological polar surface area (TPSA) is 72.4 Å². The molecule has 1 aromatic rings. The van der Waals surface area contributed by atoms with Gasteiger partial charge in [-0.1, -0.05) is 0 Å². The van der Waals surface area contributed by atoms with Crippen molar-refractivity contribution in [3.63, 3.8) is 0 Å². The quantitative estimate of drug-likeness (QED) is 0.872. The molecule has 2 atom stereocenters. The van der Waals surface area contributed by atoms with E-state index in [2.05, 4.69) is 20.3 Å². The highest BCUT2D eigenvalue weighted by Gasteiger charge is 2.24. The first-order valence-electron chi connectivity index (χ1n) is 6.93. The van der Waals surface area contributed by atoms with Crippen molar-refractivity contribution in [1.29, 1.82) is 0 Å². The molecular weight excluding hydrogens is 258 g/mol. The maximum atomic E-state index is 5.91. The van der Waals surface area contributed by atoms with Crippen molar-refractivity contribution in [2.24, 2.45) is 0 Å². The Morgan fingerprint density at radius 3 is 2.55 bits per heavy atom. The van der Waals surface area contributed by atoms with Gasteiger partial charge in [0.15, 0.2) is 0 Å². The van der Waals surface area contributed by atoms with Gasteiger partial charge in [-0.05, 0) is 19.3 Å². The minimum atomic E-state index is 0.107. The van der Waals surface area contributed by atoms with Crippen LogP contribution in [0.2, 0.25) is 0 Å². The first-order valence-corrected chi connectivity index (χ1v) is 6.93. The van der Waals surface area contributed by atoms with Crippen LogP contribution in [0.4, 0.5) is 11.9 Å². The number of aromatic nitrogens is 3. The van der Waals surface area contributed by atoms with Crippen molar-refractivity contribution >= 4 is 11.9 Å². The van der Waals surface area contributed by atoms with Gasteiger partial charge in [-0.15, -0.1) is 0 Å². The van der Waals surface area contributed by atoms with Crippen molar-refractivity contribution in [2.45, 2.75) is 37.9 Å². The second-order valence-electron chi connectivity index (χ2n) is 5.15. The van der Waals surface area contributed by atoms with E-state index in [0.29, 0.717) is 17.9 Å². The third kappa shape index (κ3) is 3.69. The molecule has 1 aromatic heterocycles. The fourth-order valence-corrected chi connectivity index (χ4v) is 2.28.